The first kappa shape index (κ1) is 14.0. The van der Waals surface area contributed by atoms with E-state index in [2.05, 4.69) is 4.98 Å². The summed E-state index contributed by atoms with van der Waals surface area (Å²) in [6.45, 7) is 5.46. The van der Waals surface area contributed by atoms with E-state index in [0.717, 1.165) is 5.69 Å². The van der Waals surface area contributed by atoms with Crippen LogP contribution in [0.1, 0.15) is 33.3 Å². The van der Waals surface area contributed by atoms with Gasteiger partial charge in [0.2, 0.25) is 0 Å². The number of rotatable bonds is 3. The highest BCUT2D eigenvalue weighted by molar-refractivity contribution is 5.94. The van der Waals surface area contributed by atoms with E-state index >= 15 is 0 Å². The average Bonchev–Trinajstić information content (AvgIpc) is 2.74. The molecule has 0 aromatic carbocycles. The molecule has 0 aliphatic heterocycles. The van der Waals surface area contributed by atoms with Gasteiger partial charge in [0, 0.05) is 11.4 Å². The summed E-state index contributed by atoms with van der Waals surface area (Å²) >= 11 is 0. The fourth-order valence-corrected chi connectivity index (χ4v) is 2.05. The van der Waals surface area contributed by atoms with Crippen LogP contribution in [0.4, 0.5) is 0 Å². The molecule has 0 aliphatic rings. The molecule has 0 aliphatic carbocycles. The largest absolute Gasteiger partial charge is 0.464 e. The zero-order chi connectivity index (χ0) is 14.9. The van der Waals surface area contributed by atoms with Gasteiger partial charge in [-0.15, -0.1) is 0 Å². The van der Waals surface area contributed by atoms with E-state index in [1.165, 1.54) is 4.57 Å². The Morgan fingerprint density at radius 1 is 1.40 bits per heavy atom. The molecular formula is C13H16N4O3. The van der Waals surface area contributed by atoms with Crippen molar-refractivity contribution in [1.29, 1.82) is 0 Å². The highest BCUT2D eigenvalue weighted by atomic mass is 16.3. The third-order valence-corrected chi connectivity index (χ3v) is 3.00. The van der Waals surface area contributed by atoms with Crippen molar-refractivity contribution in [2.24, 2.45) is 5.84 Å². The molecule has 0 fully saturated rings. The predicted molar refractivity (Wildman–Crippen MR) is 72.2 cm³/mol. The number of nitrogens with zero attached hydrogens (tertiary/aromatic N) is 2. The standard InChI is InChI=1S/C13H16N4O3/c1-7-4-8(2)17(13(19)15-7)6-10-5-11(9(3)20-10)12(18)16-14/h4-5H,6,14H2,1-3H3,(H,16,18). The summed E-state index contributed by atoms with van der Waals surface area (Å²) in [5, 5.41) is 0. The van der Waals surface area contributed by atoms with Crippen LogP contribution in [0, 0.1) is 20.8 Å². The third kappa shape index (κ3) is 2.62. The number of aryl methyl sites for hydroxylation is 3. The first-order chi connectivity index (χ1) is 9.42. The third-order valence-electron chi connectivity index (χ3n) is 3.00. The van der Waals surface area contributed by atoms with Crippen molar-refractivity contribution in [3.8, 4) is 0 Å². The van der Waals surface area contributed by atoms with Crippen LogP contribution in [-0.4, -0.2) is 15.5 Å². The maximum Gasteiger partial charge on any atom is 0.348 e. The van der Waals surface area contributed by atoms with Gasteiger partial charge in [0.15, 0.2) is 0 Å². The van der Waals surface area contributed by atoms with E-state index in [1.807, 2.05) is 18.4 Å². The van der Waals surface area contributed by atoms with Gasteiger partial charge in [0.1, 0.15) is 11.5 Å². The summed E-state index contributed by atoms with van der Waals surface area (Å²) in [4.78, 5) is 27.2. The molecule has 0 spiro atoms. The number of carbonyl (C=O) groups is 1. The van der Waals surface area contributed by atoms with Crippen molar-refractivity contribution < 1.29 is 9.21 Å². The number of aromatic nitrogens is 2. The van der Waals surface area contributed by atoms with Crippen LogP contribution in [0.5, 0.6) is 0 Å². The molecule has 2 aromatic heterocycles. The summed E-state index contributed by atoms with van der Waals surface area (Å²) < 4.78 is 6.96. The Bertz CT molecular complexity index is 715. The minimum absolute atomic E-state index is 0.219. The van der Waals surface area contributed by atoms with Crippen molar-refractivity contribution in [1.82, 2.24) is 15.0 Å². The van der Waals surface area contributed by atoms with Crippen LogP contribution in [0.15, 0.2) is 21.3 Å². The fourth-order valence-electron chi connectivity index (χ4n) is 2.05. The van der Waals surface area contributed by atoms with Crippen LogP contribution in [0.25, 0.3) is 0 Å². The zero-order valence-electron chi connectivity index (χ0n) is 11.6. The minimum atomic E-state index is -0.427. The lowest BCUT2D eigenvalue weighted by Gasteiger charge is -2.07. The molecule has 2 aromatic rings. The second-order valence-electron chi connectivity index (χ2n) is 4.56. The number of furan rings is 1. The molecule has 0 bridgehead atoms. The SMILES string of the molecule is Cc1cc(C)n(Cc2cc(C(=O)NN)c(C)o2)c(=O)n1. The van der Waals surface area contributed by atoms with Gasteiger partial charge in [0.25, 0.3) is 5.91 Å². The first-order valence-corrected chi connectivity index (χ1v) is 6.07. The Morgan fingerprint density at radius 3 is 2.70 bits per heavy atom. The van der Waals surface area contributed by atoms with Crippen molar-refractivity contribution in [2.45, 2.75) is 27.3 Å². The molecule has 20 heavy (non-hydrogen) atoms. The number of hydrogen-bond donors (Lipinski definition) is 2. The van der Waals surface area contributed by atoms with Gasteiger partial charge >= 0.3 is 5.69 Å². The lowest BCUT2D eigenvalue weighted by Crippen LogP contribution is -2.30. The lowest BCUT2D eigenvalue weighted by atomic mass is 10.2. The molecule has 3 N–H and O–H groups in total. The van der Waals surface area contributed by atoms with Gasteiger partial charge in [-0.1, -0.05) is 0 Å². The number of nitrogens with two attached hydrogens (primary N) is 1. The van der Waals surface area contributed by atoms with E-state index < -0.39 is 5.91 Å². The zero-order valence-corrected chi connectivity index (χ0v) is 11.6. The lowest BCUT2D eigenvalue weighted by molar-refractivity contribution is 0.0952. The van der Waals surface area contributed by atoms with Crippen LogP contribution >= 0.6 is 0 Å². The van der Waals surface area contributed by atoms with E-state index in [-0.39, 0.29) is 12.2 Å². The quantitative estimate of drug-likeness (QED) is 0.480. The van der Waals surface area contributed by atoms with E-state index in [0.29, 0.717) is 22.8 Å². The predicted octanol–water partition coefficient (Wildman–Crippen LogP) is 0.413. The maximum absolute atomic E-state index is 11.9. The van der Waals surface area contributed by atoms with Crippen molar-refractivity contribution in [3.63, 3.8) is 0 Å². The Morgan fingerprint density at radius 2 is 2.10 bits per heavy atom. The van der Waals surface area contributed by atoms with Crippen LogP contribution < -0.4 is 17.0 Å². The molecule has 0 unspecified atom stereocenters. The van der Waals surface area contributed by atoms with Crippen LogP contribution in [0.2, 0.25) is 0 Å². The summed E-state index contributed by atoms with van der Waals surface area (Å²) in [5.41, 5.74) is 3.51. The van der Waals surface area contributed by atoms with Crippen LogP contribution in [0.3, 0.4) is 0 Å². The highest BCUT2D eigenvalue weighted by Crippen LogP contribution is 2.15. The topological polar surface area (TPSA) is 103 Å². The first-order valence-electron chi connectivity index (χ1n) is 6.07. The molecule has 0 atom stereocenters. The van der Waals surface area contributed by atoms with Gasteiger partial charge in [0.05, 0.1) is 12.1 Å². The maximum atomic E-state index is 11.9. The Hall–Kier alpha value is -2.41. The molecule has 106 valence electrons. The summed E-state index contributed by atoms with van der Waals surface area (Å²) in [5.74, 6) is 5.62. The van der Waals surface area contributed by atoms with Gasteiger partial charge in [-0.05, 0) is 32.9 Å². The number of nitrogens with one attached hydrogen (secondary N) is 1. The van der Waals surface area contributed by atoms with E-state index in [1.54, 1.807) is 19.9 Å². The molecule has 0 saturated carbocycles. The van der Waals surface area contributed by atoms with Crippen molar-refractivity contribution in [2.75, 3.05) is 0 Å². The van der Waals surface area contributed by atoms with E-state index in [9.17, 15) is 9.59 Å². The highest BCUT2D eigenvalue weighted by Gasteiger charge is 2.15. The second kappa shape index (κ2) is 5.30. The second-order valence-corrected chi connectivity index (χ2v) is 4.56. The summed E-state index contributed by atoms with van der Waals surface area (Å²) in [7, 11) is 0. The van der Waals surface area contributed by atoms with Crippen LogP contribution in [-0.2, 0) is 6.54 Å². The Labute approximate surface area is 115 Å². The number of nitrogen functional groups attached to an aromatic ring is 1. The molecule has 1 amide bonds. The molecule has 7 heteroatoms. The molecule has 0 radical (unpaired) electrons. The van der Waals surface area contributed by atoms with Gasteiger partial charge in [-0.25, -0.2) is 10.6 Å². The number of carbonyl (C=O) groups excluding carboxylic acids is 1. The minimum Gasteiger partial charge on any atom is -0.464 e. The molecule has 2 rings (SSSR count). The normalized spacial score (nSPS) is 10.6. The molecular weight excluding hydrogens is 260 g/mol. The number of hydrogen-bond acceptors (Lipinski definition) is 5. The molecule has 0 saturated heterocycles. The molecule has 7 nitrogen and oxygen atoms in total. The smallest absolute Gasteiger partial charge is 0.348 e. The number of amides is 1. The number of hydrazine groups is 1. The summed E-state index contributed by atoms with van der Waals surface area (Å²) in [6.07, 6.45) is 0. The van der Waals surface area contributed by atoms with Crippen molar-refractivity contribution in [3.05, 3.63) is 51.1 Å². The van der Waals surface area contributed by atoms with Crippen molar-refractivity contribution >= 4 is 5.91 Å². The molecule has 2 heterocycles. The average molecular weight is 276 g/mol. The van der Waals surface area contributed by atoms with Gasteiger partial charge in [-0.3, -0.25) is 14.8 Å². The monoisotopic (exact) mass is 276 g/mol. The Kier molecular flexibility index (Phi) is 3.71. The Balaban J connectivity index is 2.37. The van der Waals surface area contributed by atoms with Gasteiger partial charge < -0.3 is 4.42 Å². The van der Waals surface area contributed by atoms with E-state index in [4.69, 9.17) is 10.3 Å². The summed E-state index contributed by atoms with van der Waals surface area (Å²) in [6, 6.07) is 3.38. The fraction of sp³-hybridized carbons (Fsp3) is 0.308. The van der Waals surface area contributed by atoms with Gasteiger partial charge in [-0.2, -0.15) is 4.98 Å².